The van der Waals surface area contributed by atoms with Gasteiger partial charge >= 0.3 is 0 Å². The van der Waals surface area contributed by atoms with Crippen LogP contribution in [0.25, 0.3) is 11.3 Å². The molecular formula is C25H31N5O. The number of aromatic nitrogens is 2. The lowest BCUT2D eigenvalue weighted by Gasteiger charge is -2.34. The minimum atomic E-state index is 0.0577. The van der Waals surface area contributed by atoms with Crippen LogP contribution < -0.4 is 5.32 Å². The molecule has 4 rings (SSSR count). The zero-order valence-corrected chi connectivity index (χ0v) is 18.6. The second-order valence-electron chi connectivity index (χ2n) is 8.50. The van der Waals surface area contributed by atoms with Gasteiger partial charge in [-0.3, -0.25) is 19.7 Å². The summed E-state index contributed by atoms with van der Waals surface area (Å²) in [4.78, 5) is 17.2. The second-order valence-corrected chi connectivity index (χ2v) is 8.50. The number of nitrogens with one attached hydrogen (secondary N) is 2. The lowest BCUT2D eigenvalue weighted by Crippen LogP contribution is -2.48. The molecule has 0 aliphatic carbocycles. The zero-order chi connectivity index (χ0) is 21.8. The third-order valence-electron chi connectivity index (χ3n) is 6.03. The molecule has 0 atom stereocenters. The van der Waals surface area contributed by atoms with Crippen molar-refractivity contribution in [2.75, 3.05) is 38.0 Å². The number of H-pyrrole nitrogens is 1. The van der Waals surface area contributed by atoms with E-state index in [4.69, 9.17) is 0 Å². The van der Waals surface area contributed by atoms with Gasteiger partial charge in [0, 0.05) is 44.0 Å². The van der Waals surface area contributed by atoms with Gasteiger partial charge in [0.15, 0.2) is 0 Å². The predicted molar refractivity (Wildman–Crippen MR) is 125 cm³/mol. The molecule has 0 spiro atoms. The van der Waals surface area contributed by atoms with Crippen LogP contribution in [0.3, 0.4) is 0 Å². The first kappa shape index (κ1) is 21.3. The Balaban J connectivity index is 1.29. The molecule has 162 valence electrons. The van der Waals surface area contributed by atoms with Gasteiger partial charge in [-0.15, -0.1) is 0 Å². The predicted octanol–water partition coefficient (Wildman–Crippen LogP) is 3.76. The first-order valence-electron chi connectivity index (χ1n) is 10.9. The van der Waals surface area contributed by atoms with E-state index in [1.165, 1.54) is 16.7 Å². The highest BCUT2D eigenvalue weighted by molar-refractivity contribution is 5.93. The van der Waals surface area contributed by atoms with Crippen molar-refractivity contribution < 1.29 is 4.79 Å². The highest BCUT2D eigenvalue weighted by Crippen LogP contribution is 2.23. The molecule has 6 heteroatoms. The quantitative estimate of drug-likeness (QED) is 0.641. The molecule has 0 bridgehead atoms. The van der Waals surface area contributed by atoms with Gasteiger partial charge in [0.05, 0.1) is 18.4 Å². The summed E-state index contributed by atoms with van der Waals surface area (Å²) in [5.41, 5.74) is 7.86. The van der Waals surface area contributed by atoms with Gasteiger partial charge in [0.2, 0.25) is 5.91 Å². The summed E-state index contributed by atoms with van der Waals surface area (Å²) in [6.45, 7) is 11.1. The van der Waals surface area contributed by atoms with Crippen LogP contribution in [0.2, 0.25) is 0 Å². The normalized spacial score (nSPS) is 15.2. The Bertz CT molecular complexity index is 1010. The summed E-state index contributed by atoms with van der Waals surface area (Å²) >= 11 is 0. The number of hydrogen-bond acceptors (Lipinski definition) is 4. The molecular weight excluding hydrogens is 386 g/mol. The molecule has 2 heterocycles. The molecule has 1 saturated heterocycles. The van der Waals surface area contributed by atoms with Crippen LogP contribution in [-0.4, -0.2) is 58.6 Å². The van der Waals surface area contributed by atoms with Crippen molar-refractivity contribution in [2.45, 2.75) is 27.3 Å². The number of anilines is 1. The molecule has 1 amide bonds. The van der Waals surface area contributed by atoms with E-state index in [2.05, 4.69) is 56.5 Å². The van der Waals surface area contributed by atoms with E-state index < -0.39 is 0 Å². The van der Waals surface area contributed by atoms with E-state index in [1.807, 2.05) is 38.2 Å². The van der Waals surface area contributed by atoms with Crippen molar-refractivity contribution in [1.82, 2.24) is 20.0 Å². The lowest BCUT2D eigenvalue weighted by atomic mass is 10.1. The van der Waals surface area contributed by atoms with Gasteiger partial charge in [0.25, 0.3) is 0 Å². The van der Waals surface area contributed by atoms with E-state index in [9.17, 15) is 4.79 Å². The maximum absolute atomic E-state index is 12.6. The maximum atomic E-state index is 12.6. The summed E-state index contributed by atoms with van der Waals surface area (Å²) in [6, 6.07) is 14.6. The minimum absolute atomic E-state index is 0.0577. The summed E-state index contributed by atoms with van der Waals surface area (Å²) in [5, 5.41) is 10.5. The Morgan fingerprint density at radius 1 is 0.968 bits per heavy atom. The maximum Gasteiger partial charge on any atom is 0.238 e. The van der Waals surface area contributed by atoms with E-state index in [0.29, 0.717) is 6.54 Å². The number of carbonyl (C=O) groups excluding carboxylic acids is 1. The number of benzene rings is 2. The van der Waals surface area contributed by atoms with Crippen molar-refractivity contribution in [2.24, 2.45) is 0 Å². The largest absolute Gasteiger partial charge is 0.324 e. The number of para-hydroxylation sites is 1. The van der Waals surface area contributed by atoms with Gasteiger partial charge in [-0.2, -0.15) is 5.10 Å². The SMILES string of the molecule is Cc1ccc(-c2[nH]ncc2CN2CCN(CC(=O)Nc3c(C)cccc3C)CC2)cc1. The van der Waals surface area contributed by atoms with Crippen LogP contribution in [0.15, 0.2) is 48.7 Å². The van der Waals surface area contributed by atoms with Crippen LogP contribution in [-0.2, 0) is 11.3 Å². The van der Waals surface area contributed by atoms with Crippen LogP contribution in [0.5, 0.6) is 0 Å². The van der Waals surface area contributed by atoms with Crippen molar-refractivity contribution in [3.63, 3.8) is 0 Å². The first-order chi connectivity index (χ1) is 15.0. The summed E-state index contributed by atoms with van der Waals surface area (Å²) in [7, 11) is 0. The number of aromatic amines is 1. The molecule has 0 saturated carbocycles. The number of amides is 1. The number of carbonyl (C=O) groups is 1. The van der Waals surface area contributed by atoms with Gasteiger partial charge in [-0.05, 0) is 37.5 Å². The highest BCUT2D eigenvalue weighted by Gasteiger charge is 2.21. The third-order valence-corrected chi connectivity index (χ3v) is 6.03. The van der Waals surface area contributed by atoms with Crippen molar-refractivity contribution >= 4 is 11.6 Å². The topological polar surface area (TPSA) is 64.3 Å². The fourth-order valence-electron chi connectivity index (χ4n) is 4.14. The first-order valence-corrected chi connectivity index (χ1v) is 10.9. The Morgan fingerprint density at radius 3 is 2.29 bits per heavy atom. The molecule has 2 N–H and O–H groups in total. The van der Waals surface area contributed by atoms with E-state index in [1.54, 1.807) is 0 Å². The number of rotatable bonds is 6. The smallest absolute Gasteiger partial charge is 0.238 e. The fourth-order valence-corrected chi connectivity index (χ4v) is 4.14. The zero-order valence-electron chi connectivity index (χ0n) is 18.6. The van der Waals surface area contributed by atoms with Crippen molar-refractivity contribution in [3.05, 3.63) is 70.9 Å². The molecule has 3 aromatic rings. The van der Waals surface area contributed by atoms with E-state index in [-0.39, 0.29) is 5.91 Å². The standard InChI is InChI=1S/C25H31N5O/c1-18-7-9-21(10-8-18)25-22(15-26-28-25)16-29-11-13-30(14-12-29)17-23(31)27-24-19(2)5-4-6-20(24)3/h4-10,15H,11-14,16-17H2,1-3H3,(H,26,28)(H,27,31). The molecule has 1 aliphatic heterocycles. The van der Waals surface area contributed by atoms with E-state index in [0.717, 1.165) is 55.2 Å². The summed E-state index contributed by atoms with van der Waals surface area (Å²) < 4.78 is 0. The van der Waals surface area contributed by atoms with Crippen LogP contribution >= 0.6 is 0 Å². The molecule has 2 aromatic carbocycles. The number of aryl methyl sites for hydroxylation is 3. The molecule has 6 nitrogen and oxygen atoms in total. The number of hydrogen-bond donors (Lipinski definition) is 2. The highest BCUT2D eigenvalue weighted by atomic mass is 16.2. The van der Waals surface area contributed by atoms with Gasteiger partial charge in [-0.25, -0.2) is 0 Å². The molecule has 1 aliphatic rings. The molecule has 0 unspecified atom stereocenters. The lowest BCUT2D eigenvalue weighted by molar-refractivity contribution is -0.117. The summed E-state index contributed by atoms with van der Waals surface area (Å²) in [6.07, 6.45) is 1.93. The van der Waals surface area contributed by atoms with E-state index >= 15 is 0 Å². The number of piperazine rings is 1. The van der Waals surface area contributed by atoms with Crippen molar-refractivity contribution in [1.29, 1.82) is 0 Å². The Kier molecular flexibility index (Phi) is 6.49. The average molecular weight is 418 g/mol. The van der Waals surface area contributed by atoms with Crippen LogP contribution in [0.4, 0.5) is 5.69 Å². The Labute approximate surface area is 184 Å². The van der Waals surface area contributed by atoms with Crippen LogP contribution in [0.1, 0.15) is 22.3 Å². The third kappa shape index (κ3) is 5.21. The second kappa shape index (κ2) is 9.45. The number of nitrogens with zero attached hydrogens (tertiary/aromatic N) is 3. The average Bonchev–Trinajstić information content (AvgIpc) is 3.21. The summed E-state index contributed by atoms with van der Waals surface area (Å²) in [5.74, 6) is 0.0577. The monoisotopic (exact) mass is 417 g/mol. The molecule has 1 fully saturated rings. The van der Waals surface area contributed by atoms with Gasteiger partial charge in [0.1, 0.15) is 0 Å². The van der Waals surface area contributed by atoms with Crippen LogP contribution in [0, 0.1) is 20.8 Å². The van der Waals surface area contributed by atoms with Gasteiger partial charge < -0.3 is 5.32 Å². The Morgan fingerprint density at radius 2 is 1.61 bits per heavy atom. The van der Waals surface area contributed by atoms with Gasteiger partial charge in [-0.1, -0.05) is 48.0 Å². The minimum Gasteiger partial charge on any atom is -0.324 e. The molecule has 0 radical (unpaired) electrons. The molecule has 31 heavy (non-hydrogen) atoms. The van der Waals surface area contributed by atoms with Crippen molar-refractivity contribution in [3.8, 4) is 11.3 Å². The molecule has 1 aromatic heterocycles. The Hall–Kier alpha value is -2.96. The fraction of sp³-hybridized carbons (Fsp3) is 0.360.